The minimum Gasteiger partial charge on any atom is -0.472 e. The van der Waals surface area contributed by atoms with Crippen LogP contribution in [0.2, 0.25) is 0 Å². The third kappa shape index (κ3) is 5.94. The Hall–Kier alpha value is -3.23. The van der Waals surface area contributed by atoms with Gasteiger partial charge in [0.25, 0.3) is 15.9 Å². The van der Waals surface area contributed by atoms with E-state index < -0.39 is 38.8 Å². The smallest absolute Gasteiger partial charge is 0.296 e. The molecule has 192 valence electrons. The van der Waals surface area contributed by atoms with Gasteiger partial charge in [0.15, 0.2) is 22.6 Å². The highest BCUT2D eigenvalue weighted by Gasteiger charge is 2.27. The summed E-state index contributed by atoms with van der Waals surface area (Å²) in [6, 6.07) is 7.40. The fourth-order valence-electron chi connectivity index (χ4n) is 3.07. The summed E-state index contributed by atoms with van der Waals surface area (Å²) in [5.41, 5.74) is 0.0655. The quantitative estimate of drug-likeness (QED) is 0.294. The normalized spacial score (nSPS) is 14.3. The summed E-state index contributed by atoms with van der Waals surface area (Å²) in [7, 11) is -4.29. The number of furan rings is 1. The highest BCUT2D eigenvalue weighted by Crippen LogP contribution is 2.27. The van der Waals surface area contributed by atoms with Gasteiger partial charge < -0.3 is 19.2 Å². The second kappa shape index (κ2) is 10.8. The van der Waals surface area contributed by atoms with Gasteiger partial charge in [0.1, 0.15) is 11.9 Å². The molecule has 1 amide bonds. The molecule has 3 heterocycles. The molecule has 2 aromatic heterocycles. The number of aliphatic hydroxyl groups excluding tert-OH is 1. The SMILES string of the molecule is C[C@H](CO)Oc1cc(NS(=O)(=O)c2ccc(C(=O)N3CCC3)o2)nc(SCc2cccc(F)c2F)n1. The lowest BCUT2D eigenvalue weighted by Crippen LogP contribution is -2.41. The van der Waals surface area contributed by atoms with Crippen LogP contribution in [0.25, 0.3) is 0 Å². The van der Waals surface area contributed by atoms with Crippen LogP contribution in [0.15, 0.2) is 51.1 Å². The standard InChI is InChI=1S/C22H22F2N4O6S2/c1-13(11-29)33-18-10-17(25-22(26-18)35-12-14-4-2-5-15(23)20(14)24)27-36(31,32)19-7-6-16(34-19)21(30)28-8-3-9-28/h2,4-7,10,13,29H,3,8-9,11-12H2,1H3,(H,25,26,27)/t13-/m1/s1. The summed E-state index contributed by atoms with van der Waals surface area (Å²) in [6.45, 7) is 2.40. The Balaban J connectivity index is 1.56. The monoisotopic (exact) mass is 540 g/mol. The van der Waals surface area contributed by atoms with E-state index in [-0.39, 0.29) is 40.5 Å². The number of carbonyl (C=O) groups is 1. The maximum Gasteiger partial charge on any atom is 0.296 e. The lowest BCUT2D eigenvalue weighted by Gasteiger charge is -2.29. The Morgan fingerprint density at radius 3 is 2.75 bits per heavy atom. The molecule has 0 saturated carbocycles. The number of aliphatic hydroxyl groups is 1. The number of thioether (sulfide) groups is 1. The van der Waals surface area contributed by atoms with Crippen LogP contribution in [-0.2, 0) is 15.8 Å². The second-order valence-electron chi connectivity index (χ2n) is 7.86. The molecule has 1 atom stereocenters. The molecule has 0 unspecified atom stereocenters. The van der Waals surface area contributed by atoms with E-state index in [1.807, 2.05) is 0 Å². The van der Waals surface area contributed by atoms with Crippen LogP contribution in [0, 0.1) is 11.6 Å². The van der Waals surface area contributed by atoms with Crippen LogP contribution in [0.1, 0.15) is 29.5 Å². The Bertz CT molecular complexity index is 1360. The summed E-state index contributed by atoms with van der Waals surface area (Å²) in [5.74, 6) is -2.81. The lowest BCUT2D eigenvalue weighted by atomic mass is 10.2. The molecule has 1 aromatic carbocycles. The first-order valence-electron chi connectivity index (χ1n) is 10.8. The van der Waals surface area contributed by atoms with Gasteiger partial charge in [-0.2, -0.15) is 13.4 Å². The first kappa shape index (κ1) is 25.9. The largest absolute Gasteiger partial charge is 0.472 e. The van der Waals surface area contributed by atoms with E-state index in [2.05, 4.69) is 14.7 Å². The van der Waals surface area contributed by atoms with Gasteiger partial charge in [0, 0.05) is 30.5 Å². The third-order valence-electron chi connectivity index (χ3n) is 5.09. The molecule has 10 nitrogen and oxygen atoms in total. The Morgan fingerprint density at radius 2 is 2.06 bits per heavy atom. The number of sulfonamides is 1. The highest BCUT2D eigenvalue weighted by molar-refractivity contribution is 7.98. The van der Waals surface area contributed by atoms with Gasteiger partial charge >= 0.3 is 0 Å². The van der Waals surface area contributed by atoms with Crippen molar-refractivity contribution in [1.82, 2.24) is 14.9 Å². The van der Waals surface area contributed by atoms with Crippen molar-refractivity contribution in [1.29, 1.82) is 0 Å². The topological polar surface area (TPSA) is 135 Å². The Morgan fingerprint density at radius 1 is 1.28 bits per heavy atom. The summed E-state index contributed by atoms with van der Waals surface area (Å²) in [6.07, 6.45) is 0.210. The molecule has 0 radical (unpaired) electrons. The van der Waals surface area contributed by atoms with E-state index in [0.29, 0.717) is 13.1 Å². The van der Waals surface area contributed by atoms with Crippen LogP contribution in [0.4, 0.5) is 14.6 Å². The molecule has 2 N–H and O–H groups in total. The Kier molecular flexibility index (Phi) is 7.76. The van der Waals surface area contributed by atoms with Crippen LogP contribution >= 0.6 is 11.8 Å². The number of likely N-dealkylation sites (tertiary alicyclic amines) is 1. The highest BCUT2D eigenvalue weighted by atomic mass is 32.2. The van der Waals surface area contributed by atoms with Gasteiger partial charge in [-0.05, 0) is 31.5 Å². The van der Waals surface area contributed by atoms with Gasteiger partial charge in [-0.3, -0.25) is 9.52 Å². The lowest BCUT2D eigenvalue weighted by molar-refractivity contribution is 0.0613. The van der Waals surface area contributed by atoms with Crippen molar-refractivity contribution in [3.63, 3.8) is 0 Å². The van der Waals surface area contributed by atoms with Crippen molar-refractivity contribution in [2.45, 2.75) is 35.5 Å². The predicted octanol–water partition coefficient (Wildman–Crippen LogP) is 3.05. The number of benzene rings is 1. The molecular formula is C22H22F2N4O6S2. The molecular weight excluding hydrogens is 518 g/mol. The number of amides is 1. The average Bonchev–Trinajstić information content (AvgIpc) is 3.30. The van der Waals surface area contributed by atoms with Crippen molar-refractivity contribution in [3.8, 4) is 5.88 Å². The van der Waals surface area contributed by atoms with Crippen molar-refractivity contribution in [3.05, 3.63) is 59.4 Å². The first-order chi connectivity index (χ1) is 17.2. The van der Waals surface area contributed by atoms with Crippen molar-refractivity contribution in [2.75, 3.05) is 24.4 Å². The van der Waals surface area contributed by atoms with Crippen LogP contribution in [0.3, 0.4) is 0 Å². The summed E-state index contributed by atoms with van der Waals surface area (Å²) >= 11 is 0.922. The first-order valence-corrected chi connectivity index (χ1v) is 13.3. The fraction of sp³-hybridized carbons (Fsp3) is 0.318. The number of hydrogen-bond acceptors (Lipinski definition) is 9. The molecule has 14 heteroatoms. The maximum absolute atomic E-state index is 14.0. The zero-order valence-electron chi connectivity index (χ0n) is 19.0. The number of rotatable bonds is 10. The van der Waals surface area contributed by atoms with Gasteiger partial charge in [0.05, 0.1) is 6.61 Å². The molecule has 36 heavy (non-hydrogen) atoms. The summed E-state index contributed by atoms with van der Waals surface area (Å²) < 4.78 is 66.3. The minimum atomic E-state index is -4.29. The number of anilines is 1. The average molecular weight is 541 g/mol. The van der Waals surface area contributed by atoms with E-state index in [0.717, 1.165) is 30.3 Å². The molecule has 0 aliphatic carbocycles. The Labute approximate surface area is 209 Å². The molecule has 0 bridgehead atoms. The van der Waals surface area contributed by atoms with E-state index >= 15 is 0 Å². The van der Waals surface area contributed by atoms with Crippen LogP contribution in [0.5, 0.6) is 5.88 Å². The summed E-state index contributed by atoms with van der Waals surface area (Å²) in [4.78, 5) is 22.1. The number of hydrogen-bond donors (Lipinski definition) is 2. The molecule has 1 aliphatic heterocycles. The molecule has 1 fully saturated rings. The van der Waals surface area contributed by atoms with E-state index in [1.54, 1.807) is 6.92 Å². The van der Waals surface area contributed by atoms with Gasteiger partial charge in [-0.25, -0.2) is 13.8 Å². The maximum atomic E-state index is 14.0. The van der Waals surface area contributed by atoms with Crippen molar-refractivity contribution < 1.29 is 36.3 Å². The van der Waals surface area contributed by atoms with Crippen molar-refractivity contribution in [2.24, 2.45) is 0 Å². The predicted molar refractivity (Wildman–Crippen MR) is 125 cm³/mol. The van der Waals surface area contributed by atoms with Crippen LogP contribution in [-0.4, -0.2) is 60.1 Å². The van der Waals surface area contributed by atoms with Crippen LogP contribution < -0.4 is 9.46 Å². The number of carbonyl (C=O) groups excluding carboxylic acids is 1. The van der Waals surface area contributed by atoms with Gasteiger partial charge in [-0.15, -0.1) is 0 Å². The number of nitrogens with one attached hydrogen (secondary N) is 1. The molecule has 0 spiro atoms. The minimum absolute atomic E-state index is 0.00657. The van der Waals surface area contributed by atoms with E-state index in [4.69, 9.17) is 9.15 Å². The number of nitrogens with zero attached hydrogens (tertiary/aromatic N) is 3. The van der Waals surface area contributed by atoms with Gasteiger partial charge in [0.2, 0.25) is 11.0 Å². The molecule has 1 aliphatic rings. The summed E-state index contributed by atoms with van der Waals surface area (Å²) in [5, 5.41) is 8.79. The van der Waals surface area contributed by atoms with E-state index in [1.165, 1.54) is 29.2 Å². The zero-order chi connectivity index (χ0) is 25.9. The number of aromatic nitrogens is 2. The van der Waals surface area contributed by atoms with E-state index in [9.17, 15) is 27.1 Å². The molecule has 1 saturated heterocycles. The number of ether oxygens (including phenoxy) is 1. The zero-order valence-corrected chi connectivity index (χ0v) is 20.6. The second-order valence-corrected chi connectivity index (χ2v) is 10.4. The third-order valence-corrected chi connectivity index (χ3v) is 7.21. The number of halogens is 2. The van der Waals surface area contributed by atoms with Gasteiger partial charge in [-0.1, -0.05) is 23.9 Å². The molecule has 4 rings (SSSR count). The van der Waals surface area contributed by atoms with Crippen molar-refractivity contribution >= 4 is 33.5 Å². The molecule has 3 aromatic rings. The fourth-order valence-corrected chi connectivity index (χ4v) is 4.82.